The molecule has 0 spiro atoms. The van der Waals surface area contributed by atoms with Crippen LogP contribution in [0.4, 0.5) is 5.13 Å². The molecule has 0 unspecified atom stereocenters. The Labute approximate surface area is 215 Å². The summed E-state index contributed by atoms with van der Waals surface area (Å²) in [5.41, 5.74) is 1.72. The SMILES string of the molecule is CCCCCCOc1ccc(/C=C(\C#N)C(=O)Nc2ncc(Cc3ccc(Cl)cc3)s2)cc1OC. The van der Waals surface area contributed by atoms with E-state index in [2.05, 4.69) is 17.2 Å². The first-order valence-electron chi connectivity index (χ1n) is 11.5. The molecular weight excluding hydrogens is 482 g/mol. The van der Waals surface area contributed by atoms with Crippen molar-refractivity contribution < 1.29 is 14.3 Å². The molecule has 6 nitrogen and oxygen atoms in total. The van der Waals surface area contributed by atoms with E-state index in [-0.39, 0.29) is 5.57 Å². The molecule has 35 heavy (non-hydrogen) atoms. The molecule has 0 radical (unpaired) electrons. The number of rotatable bonds is 12. The molecule has 0 aliphatic carbocycles. The molecule has 8 heteroatoms. The highest BCUT2D eigenvalue weighted by Crippen LogP contribution is 2.29. The lowest BCUT2D eigenvalue weighted by atomic mass is 10.1. The Morgan fingerprint density at radius 1 is 1.17 bits per heavy atom. The fourth-order valence-corrected chi connectivity index (χ4v) is 4.30. The summed E-state index contributed by atoms with van der Waals surface area (Å²) in [4.78, 5) is 17.9. The summed E-state index contributed by atoms with van der Waals surface area (Å²) in [5, 5.41) is 13.4. The second kappa shape index (κ2) is 13.5. The largest absolute Gasteiger partial charge is 0.493 e. The number of carbonyl (C=O) groups is 1. The summed E-state index contributed by atoms with van der Waals surface area (Å²) < 4.78 is 11.3. The van der Waals surface area contributed by atoms with Gasteiger partial charge in [-0.05, 0) is 47.9 Å². The van der Waals surface area contributed by atoms with E-state index in [4.69, 9.17) is 21.1 Å². The molecule has 3 aromatic rings. The molecule has 2 aromatic carbocycles. The van der Waals surface area contributed by atoms with Crippen LogP contribution in [-0.4, -0.2) is 24.6 Å². The van der Waals surface area contributed by atoms with Gasteiger partial charge in [0.1, 0.15) is 11.6 Å². The van der Waals surface area contributed by atoms with Crippen LogP contribution in [0.2, 0.25) is 5.02 Å². The molecule has 0 atom stereocenters. The number of nitrogens with zero attached hydrogens (tertiary/aromatic N) is 2. The van der Waals surface area contributed by atoms with Gasteiger partial charge >= 0.3 is 0 Å². The maximum Gasteiger partial charge on any atom is 0.268 e. The number of thiazole rings is 1. The maximum absolute atomic E-state index is 12.7. The van der Waals surface area contributed by atoms with Crippen LogP contribution in [0.3, 0.4) is 0 Å². The predicted octanol–water partition coefficient (Wildman–Crippen LogP) is 6.90. The van der Waals surface area contributed by atoms with E-state index in [1.807, 2.05) is 30.3 Å². The lowest BCUT2D eigenvalue weighted by molar-refractivity contribution is -0.112. The van der Waals surface area contributed by atoms with Gasteiger partial charge in [-0.25, -0.2) is 4.98 Å². The first kappa shape index (κ1) is 26.3. The van der Waals surface area contributed by atoms with Crippen LogP contribution in [0, 0.1) is 11.3 Å². The normalized spacial score (nSPS) is 11.1. The van der Waals surface area contributed by atoms with Crippen molar-refractivity contribution in [2.45, 2.75) is 39.0 Å². The van der Waals surface area contributed by atoms with Gasteiger partial charge in [-0.3, -0.25) is 10.1 Å². The summed E-state index contributed by atoms with van der Waals surface area (Å²) in [7, 11) is 1.56. The Morgan fingerprint density at radius 3 is 2.69 bits per heavy atom. The van der Waals surface area contributed by atoms with Gasteiger partial charge in [0, 0.05) is 22.5 Å². The third-order valence-electron chi connectivity index (χ3n) is 5.18. The summed E-state index contributed by atoms with van der Waals surface area (Å²) in [6, 6.07) is 14.9. The molecule has 1 aromatic heterocycles. The number of nitriles is 1. The van der Waals surface area contributed by atoms with Crippen LogP contribution in [0.25, 0.3) is 6.08 Å². The average Bonchev–Trinajstić information content (AvgIpc) is 3.30. The number of benzene rings is 2. The molecule has 0 saturated heterocycles. The minimum Gasteiger partial charge on any atom is -0.493 e. The number of aromatic nitrogens is 1. The minimum absolute atomic E-state index is 0.0326. The maximum atomic E-state index is 12.7. The molecule has 0 saturated carbocycles. The minimum atomic E-state index is -0.518. The fraction of sp³-hybridized carbons (Fsp3) is 0.296. The van der Waals surface area contributed by atoms with Crippen LogP contribution < -0.4 is 14.8 Å². The van der Waals surface area contributed by atoms with Crippen LogP contribution >= 0.6 is 22.9 Å². The Bertz CT molecular complexity index is 1200. The van der Waals surface area contributed by atoms with Crippen LogP contribution in [0.1, 0.15) is 48.6 Å². The quantitative estimate of drug-likeness (QED) is 0.163. The summed E-state index contributed by atoms with van der Waals surface area (Å²) in [6.07, 6.45) is 8.39. The lowest BCUT2D eigenvalue weighted by Gasteiger charge is -2.11. The van der Waals surface area contributed by atoms with E-state index < -0.39 is 5.91 Å². The van der Waals surface area contributed by atoms with Crippen LogP contribution in [0.5, 0.6) is 11.5 Å². The molecule has 0 aliphatic heterocycles. The number of hydrogen-bond donors (Lipinski definition) is 1. The van der Waals surface area contributed by atoms with Gasteiger partial charge in [-0.2, -0.15) is 5.26 Å². The zero-order valence-electron chi connectivity index (χ0n) is 19.8. The topological polar surface area (TPSA) is 84.2 Å². The number of carbonyl (C=O) groups excluding carboxylic acids is 1. The molecule has 182 valence electrons. The smallest absolute Gasteiger partial charge is 0.268 e. The number of anilines is 1. The van der Waals surface area contributed by atoms with Gasteiger partial charge in [0.2, 0.25) is 0 Å². The second-order valence-electron chi connectivity index (χ2n) is 7.88. The predicted molar refractivity (Wildman–Crippen MR) is 141 cm³/mol. The van der Waals surface area contributed by atoms with Crippen molar-refractivity contribution in [2.24, 2.45) is 0 Å². The molecule has 0 aliphatic rings. The Balaban J connectivity index is 1.63. The third kappa shape index (κ3) is 8.13. The van der Waals surface area contributed by atoms with Gasteiger partial charge in [0.15, 0.2) is 16.6 Å². The highest BCUT2D eigenvalue weighted by Gasteiger charge is 2.13. The van der Waals surface area contributed by atoms with Crippen molar-refractivity contribution >= 4 is 40.1 Å². The number of unbranched alkanes of at least 4 members (excludes halogenated alkanes) is 3. The number of ether oxygens (including phenoxy) is 2. The van der Waals surface area contributed by atoms with Crippen molar-refractivity contribution in [3.05, 3.63) is 75.3 Å². The molecular formula is C27H28ClN3O3S. The van der Waals surface area contributed by atoms with Crippen LogP contribution in [-0.2, 0) is 11.2 Å². The molecule has 1 heterocycles. The third-order valence-corrected chi connectivity index (χ3v) is 6.35. The van der Waals surface area contributed by atoms with E-state index in [1.165, 1.54) is 30.3 Å². The highest BCUT2D eigenvalue weighted by molar-refractivity contribution is 7.15. The van der Waals surface area contributed by atoms with Gasteiger partial charge in [0.05, 0.1) is 13.7 Å². The molecule has 0 fully saturated rings. The molecule has 0 bridgehead atoms. The van der Waals surface area contributed by atoms with E-state index in [9.17, 15) is 10.1 Å². The van der Waals surface area contributed by atoms with Crippen molar-refractivity contribution in [1.29, 1.82) is 5.26 Å². The standard InChI is InChI=1S/C27H28ClN3O3S/c1-3-4-5-6-13-34-24-12-9-20(16-25(24)33-2)14-21(17-29)26(32)31-27-30-18-23(35-27)15-19-7-10-22(28)11-8-19/h7-12,14,16,18H,3-6,13,15H2,1-2H3,(H,30,31,32)/b21-14+. The summed E-state index contributed by atoms with van der Waals surface area (Å²) >= 11 is 7.30. The van der Waals surface area contributed by atoms with Crippen LogP contribution in [0.15, 0.2) is 54.2 Å². The Kier molecular flexibility index (Phi) is 10.1. The lowest BCUT2D eigenvalue weighted by Crippen LogP contribution is -2.13. The molecule has 1 N–H and O–H groups in total. The first-order chi connectivity index (χ1) is 17.0. The Hall–Kier alpha value is -3.34. The van der Waals surface area contributed by atoms with Gasteiger partial charge in [-0.1, -0.05) is 56.0 Å². The average molecular weight is 510 g/mol. The van der Waals surface area contributed by atoms with E-state index in [1.54, 1.807) is 31.5 Å². The van der Waals surface area contributed by atoms with E-state index >= 15 is 0 Å². The number of halogens is 1. The van der Waals surface area contributed by atoms with Crippen molar-refractivity contribution in [3.63, 3.8) is 0 Å². The highest BCUT2D eigenvalue weighted by atomic mass is 35.5. The van der Waals surface area contributed by atoms with Crippen molar-refractivity contribution in [1.82, 2.24) is 4.98 Å². The molecule has 3 rings (SSSR count). The first-order valence-corrected chi connectivity index (χ1v) is 12.6. The zero-order chi connectivity index (χ0) is 25.0. The second-order valence-corrected chi connectivity index (χ2v) is 9.43. The number of nitrogens with one attached hydrogen (secondary N) is 1. The van der Waals surface area contributed by atoms with Gasteiger partial charge in [0.25, 0.3) is 5.91 Å². The molecule has 1 amide bonds. The number of amides is 1. The van der Waals surface area contributed by atoms with Gasteiger partial charge < -0.3 is 9.47 Å². The summed E-state index contributed by atoms with van der Waals surface area (Å²) in [6.45, 7) is 2.79. The summed E-state index contributed by atoms with van der Waals surface area (Å²) in [5.74, 6) is 0.675. The van der Waals surface area contributed by atoms with E-state index in [0.29, 0.717) is 40.2 Å². The number of hydrogen-bond acceptors (Lipinski definition) is 6. The zero-order valence-corrected chi connectivity index (χ0v) is 21.4. The van der Waals surface area contributed by atoms with Crippen molar-refractivity contribution in [2.75, 3.05) is 19.0 Å². The van der Waals surface area contributed by atoms with Crippen molar-refractivity contribution in [3.8, 4) is 17.6 Å². The van der Waals surface area contributed by atoms with E-state index in [0.717, 1.165) is 23.3 Å². The number of methoxy groups -OCH3 is 1. The van der Waals surface area contributed by atoms with Gasteiger partial charge in [-0.15, -0.1) is 11.3 Å². The Morgan fingerprint density at radius 2 is 1.97 bits per heavy atom. The monoisotopic (exact) mass is 509 g/mol. The fourth-order valence-electron chi connectivity index (χ4n) is 3.33.